The van der Waals surface area contributed by atoms with Gasteiger partial charge in [0.2, 0.25) is 5.75 Å². The smallest absolute Gasteiger partial charge is 0.203 e. The lowest BCUT2D eigenvalue weighted by Crippen LogP contribution is -2.11. The molecule has 8 heteroatoms. The van der Waals surface area contributed by atoms with Crippen LogP contribution < -0.4 is 28.4 Å². The molecule has 0 unspecified atom stereocenters. The first-order chi connectivity index (χ1) is 17.0. The highest BCUT2D eigenvalue weighted by molar-refractivity contribution is 5.98. The van der Waals surface area contributed by atoms with E-state index in [0.29, 0.717) is 45.6 Å². The Hall–Kier alpha value is -4.33. The molecular formula is C27H26O8. The van der Waals surface area contributed by atoms with Crippen LogP contribution in [-0.2, 0) is 0 Å². The second kappa shape index (κ2) is 10.3. The third-order valence-electron chi connectivity index (χ3n) is 5.60. The minimum Gasteiger partial charge on any atom is -0.493 e. The summed E-state index contributed by atoms with van der Waals surface area (Å²) in [6.45, 7) is -0.141. The van der Waals surface area contributed by atoms with E-state index in [-0.39, 0.29) is 12.4 Å². The molecule has 0 aliphatic heterocycles. The maximum Gasteiger partial charge on any atom is 0.203 e. The highest BCUT2D eigenvalue weighted by atomic mass is 16.5. The Morgan fingerprint density at radius 2 is 1.43 bits per heavy atom. The number of ketones is 1. The Balaban J connectivity index is 1.60. The summed E-state index contributed by atoms with van der Waals surface area (Å²) in [4.78, 5) is 12.7. The zero-order valence-electron chi connectivity index (χ0n) is 20.2. The Kier molecular flexibility index (Phi) is 7.01. The van der Waals surface area contributed by atoms with Crippen LogP contribution in [-0.4, -0.2) is 47.9 Å². The highest BCUT2D eigenvalue weighted by Crippen LogP contribution is 2.43. The summed E-state index contributed by atoms with van der Waals surface area (Å²) in [6.07, 6.45) is 1.66. The van der Waals surface area contributed by atoms with Gasteiger partial charge in [-0.15, -0.1) is 0 Å². The molecule has 1 heterocycles. The number of benzene rings is 3. The SMILES string of the molecule is COc1ccc(C(=O)COc2ccc3occ(-c4cc(OC)c(OC)c(OC)c4)c3c2)cc1OC. The lowest BCUT2D eigenvalue weighted by atomic mass is 10.0. The minimum absolute atomic E-state index is 0.141. The van der Waals surface area contributed by atoms with Crippen LogP contribution in [0.1, 0.15) is 10.4 Å². The van der Waals surface area contributed by atoms with Crippen LogP contribution in [0.3, 0.4) is 0 Å². The molecule has 0 spiro atoms. The van der Waals surface area contributed by atoms with E-state index in [2.05, 4.69) is 0 Å². The molecule has 35 heavy (non-hydrogen) atoms. The largest absolute Gasteiger partial charge is 0.493 e. The number of Topliss-reactive ketones (excluding diaryl/α,β-unsaturated/α-hetero) is 1. The average molecular weight is 478 g/mol. The summed E-state index contributed by atoms with van der Waals surface area (Å²) in [7, 11) is 7.75. The Morgan fingerprint density at radius 3 is 2.06 bits per heavy atom. The molecule has 0 radical (unpaired) electrons. The van der Waals surface area contributed by atoms with E-state index in [1.54, 1.807) is 65.0 Å². The van der Waals surface area contributed by atoms with Crippen molar-refractivity contribution in [2.45, 2.75) is 0 Å². The normalized spacial score (nSPS) is 10.7. The number of hydrogen-bond donors (Lipinski definition) is 0. The van der Waals surface area contributed by atoms with E-state index in [0.717, 1.165) is 16.5 Å². The zero-order valence-corrected chi connectivity index (χ0v) is 20.2. The third-order valence-corrected chi connectivity index (χ3v) is 5.60. The van der Waals surface area contributed by atoms with Gasteiger partial charge in [-0.1, -0.05) is 0 Å². The predicted molar refractivity (Wildman–Crippen MR) is 131 cm³/mol. The van der Waals surface area contributed by atoms with Crippen molar-refractivity contribution < 1.29 is 37.6 Å². The second-order valence-corrected chi connectivity index (χ2v) is 7.50. The first-order valence-corrected chi connectivity index (χ1v) is 10.7. The van der Waals surface area contributed by atoms with Gasteiger partial charge in [-0.2, -0.15) is 0 Å². The highest BCUT2D eigenvalue weighted by Gasteiger charge is 2.18. The summed E-state index contributed by atoms with van der Waals surface area (Å²) in [6, 6.07) is 14.1. The third kappa shape index (κ3) is 4.68. The van der Waals surface area contributed by atoms with Gasteiger partial charge in [0, 0.05) is 16.5 Å². The number of furan rings is 1. The van der Waals surface area contributed by atoms with E-state index < -0.39 is 0 Å². The van der Waals surface area contributed by atoms with E-state index in [4.69, 9.17) is 32.8 Å². The molecule has 0 aliphatic carbocycles. The van der Waals surface area contributed by atoms with Crippen LogP contribution in [0.4, 0.5) is 0 Å². The molecule has 0 amide bonds. The minimum atomic E-state index is -0.192. The van der Waals surface area contributed by atoms with Crippen LogP contribution in [0, 0.1) is 0 Å². The number of ether oxygens (including phenoxy) is 6. The molecule has 4 aromatic rings. The molecule has 4 rings (SSSR count). The van der Waals surface area contributed by atoms with Crippen molar-refractivity contribution in [1.29, 1.82) is 0 Å². The Labute approximate surface area is 202 Å². The van der Waals surface area contributed by atoms with Gasteiger partial charge in [-0.3, -0.25) is 4.79 Å². The molecule has 0 fully saturated rings. The first-order valence-electron chi connectivity index (χ1n) is 10.7. The molecule has 0 saturated heterocycles. The lowest BCUT2D eigenvalue weighted by Gasteiger charge is -2.14. The Morgan fingerprint density at radius 1 is 0.743 bits per heavy atom. The van der Waals surface area contributed by atoms with Crippen molar-refractivity contribution in [2.24, 2.45) is 0 Å². The van der Waals surface area contributed by atoms with E-state index in [1.807, 2.05) is 18.2 Å². The van der Waals surface area contributed by atoms with Gasteiger partial charge in [-0.25, -0.2) is 0 Å². The fourth-order valence-corrected chi connectivity index (χ4v) is 3.80. The fraction of sp³-hybridized carbons (Fsp3) is 0.222. The van der Waals surface area contributed by atoms with E-state index in [9.17, 15) is 4.79 Å². The van der Waals surface area contributed by atoms with Crippen molar-refractivity contribution in [3.05, 3.63) is 60.4 Å². The summed E-state index contributed by atoms with van der Waals surface area (Å²) in [5.74, 6) is 2.94. The van der Waals surface area contributed by atoms with E-state index in [1.165, 1.54) is 7.11 Å². The average Bonchev–Trinajstić information content (AvgIpc) is 3.33. The van der Waals surface area contributed by atoms with Crippen molar-refractivity contribution in [1.82, 2.24) is 0 Å². The predicted octanol–water partition coefficient (Wildman–Crippen LogP) is 5.40. The van der Waals surface area contributed by atoms with Gasteiger partial charge in [-0.05, 0) is 54.1 Å². The number of methoxy groups -OCH3 is 5. The number of rotatable bonds is 10. The molecule has 0 saturated carbocycles. The maximum absolute atomic E-state index is 12.7. The molecule has 0 bridgehead atoms. The van der Waals surface area contributed by atoms with E-state index >= 15 is 0 Å². The maximum atomic E-state index is 12.7. The van der Waals surface area contributed by atoms with Crippen molar-refractivity contribution in [3.8, 4) is 45.6 Å². The van der Waals surface area contributed by atoms with Crippen LogP contribution in [0.25, 0.3) is 22.1 Å². The number of hydrogen-bond acceptors (Lipinski definition) is 8. The zero-order chi connectivity index (χ0) is 24.9. The van der Waals surface area contributed by atoms with Crippen molar-refractivity contribution >= 4 is 16.8 Å². The van der Waals surface area contributed by atoms with Crippen LogP contribution >= 0.6 is 0 Å². The second-order valence-electron chi connectivity index (χ2n) is 7.50. The summed E-state index contributed by atoms with van der Waals surface area (Å²) >= 11 is 0. The summed E-state index contributed by atoms with van der Waals surface area (Å²) < 4.78 is 38.4. The Bertz CT molecular complexity index is 1330. The molecule has 0 aliphatic rings. The summed E-state index contributed by atoms with van der Waals surface area (Å²) in [5, 5.41) is 0.815. The van der Waals surface area contributed by atoms with Crippen LogP contribution in [0.5, 0.6) is 34.5 Å². The fourth-order valence-electron chi connectivity index (χ4n) is 3.80. The van der Waals surface area contributed by atoms with Gasteiger partial charge in [0.05, 0.1) is 41.8 Å². The standard InChI is InChI=1S/C27H26O8/c1-29-23-8-6-16(10-24(23)30-2)21(28)15-34-18-7-9-22-19(13-18)20(14-35-22)17-11-25(31-3)27(33-5)26(12-17)32-4/h6-14H,15H2,1-5H3. The van der Waals surface area contributed by atoms with Gasteiger partial charge >= 0.3 is 0 Å². The van der Waals surface area contributed by atoms with Crippen LogP contribution in [0.2, 0.25) is 0 Å². The number of carbonyl (C=O) groups is 1. The van der Waals surface area contributed by atoms with Gasteiger partial charge < -0.3 is 32.8 Å². The molecule has 0 atom stereocenters. The van der Waals surface area contributed by atoms with Crippen molar-refractivity contribution in [3.63, 3.8) is 0 Å². The quantitative estimate of drug-likeness (QED) is 0.280. The van der Waals surface area contributed by atoms with Gasteiger partial charge in [0.25, 0.3) is 0 Å². The first kappa shape index (κ1) is 23.8. The van der Waals surface area contributed by atoms with Crippen molar-refractivity contribution in [2.75, 3.05) is 42.2 Å². The van der Waals surface area contributed by atoms with Gasteiger partial charge in [0.15, 0.2) is 35.4 Å². The molecular weight excluding hydrogens is 452 g/mol. The number of fused-ring (bicyclic) bond motifs is 1. The molecule has 182 valence electrons. The summed E-state index contributed by atoms with van der Waals surface area (Å²) in [5.41, 5.74) is 2.77. The van der Waals surface area contributed by atoms with Gasteiger partial charge in [0.1, 0.15) is 11.3 Å². The molecule has 3 aromatic carbocycles. The number of carbonyl (C=O) groups excluding carboxylic acids is 1. The molecule has 8 nitrogen and oxygen atoms in total. The van der Waals surface area contributed by atoms with Crippen LogP contribution in [0.15, 0.2) is 59.2 Å². The molecule has 0 N–H and O–H groups in total. The monoisotopic (exact) mass is 478 g/mol. The topological polar surface area (TPSA) is 85.6 Å². The molecule has 1 aromatic heterocycles. The lowest BCUT2D eigenvalue weighted by molar-refractivity contribution is 0.0921.